The van der Waals surface area contributed by atoms with Crippen LogP contribution in [0.1, 0.15) is 12.7 Å². The molecule has 4 aromatic rings. The third-order valence-corrected chi connectivity index (χ3v) is 4.58. The molecule has 0 spiro atoms. The van der Waals surface area contributed by atoms with Gasteiger partial charge in [0, 0.05) is 42.4 Å². The van der Waals surface area contributed by atoms with Gasteiger partial charge in [0.05, 0.1) is 18.1 Å². The highest BCUT2D eigenvalue weighted by Crippen LogP contribution is 2.27. The van der Waals surface area contributed by atoms with Crippen LogP contribution in [0.15, 0.2) is 42.9 Å². The molecule has 0 aliphatic rings. The number of hydrogen-bond donors (Lipinski definition) is 1. The lowest BCUT2D eigenvalue weighted by atomic mass is 10.1. The molecule has 138 valence electrons. The average Bonchev–Trinajstić information content (AvgIpc) is 3.27. The standard InChI is InChI=1S/C19H19ClN6O/c1-12(11-27)7-17-23-19-18(14-8-21-25(2)9-14)22-16(10-26(19)24-17)13-3-5-15(20)6-4-13/h3-6,8-10,12,27H,7,11H2,1-2H3. The van der Waals surface area contributed by atoms with Crippen LogP contribution < -0.4 is 0 Å². The van der Waals surface area contributed by atoms with Crippen molar-refractivity contribution >= 4 is 17.2 Å². The van der Waals surface area contributed by atoms with Gasteiger partial charge in [0.25, 0.3) is 0 Å². The van der Waals surface area contributed by atoms with Gasteiger partial charge in [-0.1, -0.05) is 30.7 Å². The summed E-state index contributed by atoms with van der Waals surface area (Å²) in [5.41, 5.74) is 3.95. The van der Waals surface area contributed by atoms with Gasteiger partial charge in [-0.2, -0.15) is 10.2 Å². The first kappa shape index (κ1) is 17.6. The van der Waals surface area contributed by atoms with Crippen LogP contribution in [0, 0.1) is 5.92 Å². The summed E-state index contributed by atoms with van der Waals surface area (Å²) in [5, 5.41) is 18.8. The van der Waals surface area contributed by atoms with Gasteiger partial charge in [-0.25, -0.2) is 14.5 Å². The van der Waals surface area contributed by atoms with Crippen molar-refractivity contribution in [2.24, 2.45) is 13.0 Å². The minimum atomic E-state index is 0.0907. The fraction of sp³-hybridized carbons (Fsp3) is 0.263. The van der Waals surface area contributed by atoms with E-state index in [2.05, 4.69) is 15.2 Å². The second-order valence-corrected chi connectivity index (χ2v) is 7.11. The number of hydrogen-bond acceptors (Lipinski definition) is 5. The van der Waals surface area contributed by atoms with Gasteiger partial charge in [-0.15, -0.1) is 0 Å². The number of rotatable bonds is 5. The van der Waals surface area contributed by atoms with Crippen molar-refractivity contribution in [3.8, 4) is 22.5 Å². The van der Waals surface area contributed by atoms with Crippen LogP contribution >= 0.6 is 11.6 Å². The van der Waals surface area contributed by atoms with Crippen LogP contribution in [0.3, 0.4) is 0 Å². The monoisotopic (exact) mass is 382 g/mol. The molecular weight excluding hydrogens is 364 g/mol. The topological polar surface area (TPSA) is 81.1 Å². The predicted molar refractivity (Wildman–Crippen MR) is 103 cm³/mol. The zero-order valence-corrected chi connectivity index (χ0v) is 15.8. The van der Waals surface area contributed by atoms with Crippen molar-refractivity contribution in [1.82, 2.24) is 29.4 Å². The summed E-state index contributed by atoms with van der Waals surface area (Å²) in [5.74, 6) is 0.768. The number of aliphatic hydroxyl groups is 1. The lowest BCUT2D eigenvalue weighted by Gasteiger charge is -2.05. The second-order valence-electron chi connectivity index (χ2n) is 6.67. The molecule has 7 nitrogen and oxygen atoms in total. The maximum absolute atomic E-state index is 9.32. The van der Waals surface area contributed by atoms with Crippen molar-refractivity contribution in [3.63, 3.8) is 0 Å². The summed E-state index contributed by atoms with van der Waals surface area (Å²) < 4.78 is 3.48. The molecule has 27 heavy (non-hydrogen) atoms. The van der Waals surface area contributed by atoms with E-state index < -0.39 is 0 Å². The molecule has 0 saturated heterocycles. The Morgan fingerprint density at radius 1 is 1.11 bits per heavy atom. The summed E-state index contributed by atoms with van der Waals surface area (Å²) in [6.45, 7) is 2.06. The molecule has 4 rings (SSSR count). The summed E-state index contributed by atoms with van der Waals surface area (Å²) >= 11 is 6.01. The maximum atomic E-state index is 9.32. The molecule has 1 N–H and O–H groups in total. The maximum Gasteiger partial charge on any atom is 0.182 e. The number of aliphatic hydroxyl groups excluding tert-OH is 1. The Bertz CT molecular complexity index is 1090. The Kier molecular flexibility index (Phi) is 4.63. The van der Waals surface area contributed by atoms with Crippen LogP contribution in [0.25, 0.3) is 28.2 Å². The number of halogens is 1. The molecule has 0 saturated carbocycles. The summed E-state index contributed by atoms with van der Waals surface area (Å²) in [7, 11) is 1.86. The first-order chi connectivity index (χ1) is 13.0. The minimum Gasteiger partial charge on any atom is -0.396 e. The van der Waals surface area contributed by atoms with E-state index in [-0.39, 0.29) is 12.5 Å². The van der Waals surface area contributed by atoms with E-state index in [1.54, 1.807) is 15.4 Å². The van der Waals surface area contributed by atoms with Crippen molar-refractivity contribution in [2.45, 2.75) is 13.3 Å². The summed E-state index contributed by atoms with van der Waals surface area (Å²) in [6, 6.07) is 7.52. The van der Waals surface area contributed by atoms with Crippen LogP contribution in [0.5, 0.6) is 0 Å². The highest BCUT2D eigenvalue weighted by Gasteiger charge is 2.16. The van der Waals surface area contributed by atoms with Crippen LogP contribution in [-0.2, 0) is 13.5 Å². The number of aromatic nitrogens is 6. The van der Waals surface area contributed by atoms with E-state index in [9.17, 15) is 5.11 Å². The van der Waals surface area contributed by atoms with Gasteiger partial charge >= 0.3 is 0 Å². The number of nitrogens with zero attached hydrogens (tertiary/aromatic N) is 6. The number of aryl methyl sites for hydroxylation is 1. The molecule has 1 aromatic carbocycles. The predicted octanol–water partition coefficient (Wildman–Crippen LogP) is 3.02. The third kappa shape index (κ3) is 3.56. The summed E-state index contributed by atoms with van der Waals surface area (Å²) in [4.78, 5) is 9.48. The number of benzene rings is 1. The Hall–Kier alpha value is -2.77. The van der Waals surface area contributed by atoms with Crippen molar-refractivity contribution < 1.29 is 5.11 Å². The van der Waals surface area contributed by atoms with Crippen LogP contribution in [0.2, 0.25) is 5.02 Å². The largest absolute Gasteiger partial charge is 0.396 e. The lowest BCUT2D eigenvalue weighted by molar-refractivity contribution is 0.235. The van der Waals surface area contributed by atoms with E-state index in [4.69, 9.17) is 16.6 Å². The highest BCUT2D eigenvalue weighted by atomic mass is 35.5. The molecule has 0 amide bonds. The second kappa shape index (κ2) is 7.09. The van der Waals surface area contributed by atoms with E-state index in [0.29, 0.717) is 28.6 Å². The van der Waals surface area contributed by atoms with E-state index in [0.717, 1.165) is 16.8 Å². The highest BCUT2D eigenvalue weighted by molar-refractivity contribution is 6.30. The first-order valence-corrected chi connectivity index (χ1v) is 9.03. The zero-order valence-electron chi connectivity index (χ0n) is 15.0. The molecule has 0 radical (unpaired) electrons. The Labute approximate surface area is 161 Å². The molecular formula is C19H19ClN6O. The molecule has 0 bridgehead atoms. The third-order valence-electron chi connectivity index (χ3n) is 4.32. The minimum absolute atomic E-state index is 0.0907. The molecule has 3 heterocycles. The Balaban J connectivity index is 1.89. The molecule has 1 unspecified atom stereocenters. The van der Waals surface area contributed by atoms with Crippen LogP contribution in [0.4, 0.5) is 0 Å². The van der Waals surface area contributed by atoms with Gasteiger partial charge in [0.1, 0.15) is 5.69 Å². The van der Waals surface area contributed by atoms with E-state index in [1.807, 2.05) is 50.6 Å². The van der Waals surface area contributed by atoms with Crippen LogP contribution in [-0.4, -0.2) is 41.1 Å². The quantitative estimate of drug-likeness (QED) is 0.573. The first-order valence-electron chi connectivity index (χ1n) is 8.65. The molecule has 0 aliphatic heterocycles. The fourth-order valence-corrected chi connectivity index (χ4v) is 3.02. The van der Waals surface area contributed by atoms with Crippen molar-refractivity contribution in [1.29, 1.82) is 0 Å². The zero-order chi connectivity index (χ0) is 19.0. The fourth-order valence-electron chi connectivity index (χ4n) is 2.89. The van der Waals surface area contributed by atoms with Gasteiger partial charge < -0.3 is 5.11 Å². The molecule has 0 fully saturated rings. The lowest BCUT2D eigenvalue weighted by Crippen LogP contribution is -2.05. The Morgan fingerprint density at radius 3 is 2.56 bits per heavy atom. The normalized spacial score (nSPS) is 12.6. The van der Waals surface area contributed by atoms with Gasteiger partial charge in [0.2, 0.25) is 0 Å². The molecule has 0 aliphatic carbocycles. The van der Waals surface area contributed by atoms with Gasteiger partial charge in [-0.05, 0) is 18.1 Å². The average molecular weight is 383 g/mol. The molecule has 3 aromatic heterocycles. The number of fused-ring (bicyclic) bond motifs is 1. The van der Waals surface area contributed by atoms with Gasteiger partial charge in [0.15, 0.2) is 11.5 Å². The smallest absolute Gasteiger partial charge is 0.182 e. The van der Waals surface area contributed by atoms with Crippen molar-refractivity contribution in [2.75, 3.05) is 6.61 Å². The van der Waals surface area contributed by atoms with Crippen molar-refractivity contribution in [3.05, 3.63) is 53.7 Å². The SMILES string of the molecule is CC(CO)Cc1nc2c(-c3cnn(C)c3)nc(-c3ccc(Cl)cc3)cn2n1. The molecule has 8 heteroatoms. The van der Waals surface area contributed by atoms with E-state index >= 15 is 0 Å². The summed E-state index contributed by atoms with van der Waals surface area (Å²) in [6.07, 6.45) is 6.12. The van der Waals surface area contributed by atoms with E-state index in [1.165, 1.54) is 0 Å². The Morgan fingerprint density at radius 2 is 1.89 bits per heavy atom. The van der Waals surface area contributed by atoms with Gasteiger partial charge in [-0.3, -0.25) is 4.68 Å². The molecule has 1 atom stereocenters.